The van der Waals surface area contributed by atoms with Crippen LogP contribution in [0.2, 0.25) is 0 Å². The Labute approximate surface area is 112 Å². The van der Waals surface area contributed by atoms with E-state index < -0.39 is 0 Å². The molecule has 0 spiro atoms. The Morgan fingerprint density at radius 3 is 2.67 bits per heavy atom. The first-order valence-corrected chi connectivity index (χ1v) is 7.37. The highest BCUT2D eigenvalue weighted by atomic mass is 16.2. The van der Waals surface area contributed by atoms with Crippen molar-refractivity contribution in [1.82, 2.24) is 15.1 Å². The van der Waals surface area contributed by atoms with Gasteiger partial charge in [-0.15, -0.1) is 0 Å². The van der Waals surface area contributed by atoms with Gasteiger partial charge in [0.2, 0.25) is 5.91 Å². The maximum Gasteiger partial charge on any atom is 0.223 e. The predicted molar refractivity (Wildman–Crippen MR) is 75.7 cm³/mol. The SMILES string of the molecule is CCN(CC)C(=O)CCNC1CCCN(C)CC1. The van der Waals surface area contributed by atoms with Crippen LogP contribution in [0.3, 0.4) is 0 Å². The summed E-state index contributed by atoms with van der Waals surface area (Å²) in [6.07, 6.45) is 4.34. The third-order valence-electron chi connectivity index (χ3n) is 3.84. The van der Waals surface area contributed by atoms with E-state index >= 15 is 0 Å². The summed E-state index contributed by atoms with van der Waals surface area (Å²) in [6, 6.07) is 0.597. The van der Waals surface area contributed by atoms with Gasteiger partial charge in [0.05, 0.1) is 0 Å². The van der Waals surface area contributed by atoms with Crippen LogP contribution >= 0.6 is 0 Å². The summed E-state index contributed by atoms with van der Waals surface area (Å²) in [4.78, 5) is 16.1. The molecule has 0 saturated carbocycles. The lowest BCUT2D eigenvalue weighted by Crippen LogP contribution is -2.36. The molecule has 4 nitrogen and oxygen atoms in total. The van der Waals surface area contributed by atoms with Gasteiger partial charge in [-0.2, -0.15) is 0 Å². The summed E-state index contributed by atoms with van der Waals surface area (Å²) in [6.45, 7) is 8.92. The second-order valence-electron chi connectivity index (χ2n) is 5.20. The molecule has 106 valence electrons. The van der Waals surface area contributed by atoms with E-state index in [0.717, 1.165) is 19.6 Å². The maximum absolute atomic E-state index is 11.8. The fraction of sp³-hybridized carbons (Fsp3) is 0.929. The normalized spacial score (nSPS) is 21.6. The molecule has 0 radical (unpaired) electrons. The van der Waals surface area contributed by atoms with E-state index in [2.05, 4.69) is 17.3 Å². The van der Waals surface area contributed by atoms with E-state index in [1.807, 2.05) is 18.7 Å². The van der Waals surface area contributed by atoms with E-state index in [1.165, 1.54) is 32.4 Å². The molecule has 1 aliphatic rings. The predicted octanol–water partition coefficient (Wildman–Crippen LogP) is 1.32. The quantitative estimate of drug-likeness (QED) is 0.777. The van der Waals surface area contributed by atoms with Crippen LogP contribution in [0.5, 0.6) is 0 Å². The lowest BCUT2D eigenvalue weighted by molar-refractivity contribution is -0.130. The molecule has 1 fully saturated rings. The molecule has 0 aromatic heterocycles. The standard InChI is InChI=1S/C14H29N3O/c1-4-17(5-2)14(18)8-10-15-13-7-6-11-16(3)12-9-13/h13,15H,4-12H2,1-3H3. The van der Waals surface area contributed by atoms with Gasteiger partial charge in [-0.1, -0.05) is 0 Å². The topological polar surface area (TPSA) is 35.6 Å². The molecule has 1 rings (SSSR count). The van der Waals surface area contributed by atoms with Crippen molar-refractivity contribution in [2.45, 2.75) is 45.6 Å². The Kier molecular flexibility index (Phi) is 7.28. The maximum atomic E-state index is 11.8. The fourth-order valence-corrected chi connectivity index (χ4v) is 2.56. The third kappa shape index (κ3) is 5.36. The second kappa shape index (κ2) is 8.48. The molecular formula is C14H29N3O. The summed E-state index contributed by atoms with van der Waals surface area (Å²) in [5, 5.41) is 3.54. The number of amides is 1. The highest BCUT2D eigenvalue weighted by molar-refractivity contribution is 5.76. The van der Waals surface area contributed by atoms with Gasteiger partial charge in [0.15, 0.2) is 0 Å². The Bertz CT molecular complexity index is 241. The van der Waals surface area contributed by atoms with Crippen molar-refractivity contribution in [2.24, 2.45) is 0 Å². The molecule has 0 aromatic carbocycles. The van der Waals surface area contributed by atoms with Crippen molar-refractivity contribution >= 4 is 5.91 Å². The molecule has 1 amide bonds. The molecule has 18 heavy (non-hydrogen) atoms. The number of hydrogen-bond acceptors (Lipinski definition) is 3. The van der Waals surface area contributed by atoms with Crippen molar-refractivity contribution in [3.8, 4) is 0 Å². The number of carbonyl (C=O) groups is 1. The highest BCUT2D eigenvalue weighted by Gasteiger charge is 2.15. The molecule has 1 N–H and O–H groups in total. The molecule has 1 saturated heterocycles. The number of likely N-dealkylation sites (tertiary alicyclic amines) is 1. The summed E-state index contributed by atoms with van der Waals surface area (Å²) in [7, 11) is 2.19. The molecule has 0 bridgehead atoms. The summed E-state index contributed by atoms with van der Waals surface area (Å²) in [5.41, 5.74) is 0. The van der Waals surface area contributed by atoms with Crippen molar-refractivity contribution in [1.29, 1.82) is 0 Å². The zero-order chi connectivity index (χ0) is 13.4. The number of nitrogens with one attached hydrogen (secondary N) is 1. The van der Waals surface area contributed by atoms with Gasteiger partial charge in [-0.3, -0.25) is 4.79 Å². The summed E-state index contributed by atoms with van der Waals surface area (Å²) in [5.74, 6) is 0.276. The van der Waals surface area contributed by atoms with E-state index in [-0.39, 0.29) is 5.91 Å². The van der Waals surface area contributed by atoms with Gasteiger partial charge in [0.1, 0.15) is 0 Å². The first-order valence-electron chi connectivity index (χ1n) is 7.37. The summed E-state index contributed by atoms with van der Waals surface area (Å²) < 4.78 is 0. The van der Waals surface area contributed by atoms with Crippen LogP contribution in [-0.2, 0) is 4.79 Å². The monoisotopic (exact) mass is 255 g/mol. The Morgan fingerprint density at radius 2 is 2.00 bits per heavy atom. The average Bonchev–Trinajstić information content (AvgIpc) is 2.56. The lowest BCUT2D eigenvalue weighted by Gasteiger charge is -2.20. The van der Waals surface area contributed by atoms with Crippen LogP contribution in [0.25, 0.3) is 0 Å². The molecule has 1 atom stereocenters. The smallest absolute Gasteiger partial charge is 0.223 e. The van der Waals surface area contributed by atoms with Crippen LogP contribution in [0, 0.1) is 0 Å². The van der Waals surface area contributed by atoms with E-state index in [4.69, 9.17) is 0 Å². The van der Waals surface area contributed by atoms with Crippen LogP contribution in [0.1, 0.15) is 39.5 Å². The second-order valence-corrected chi connectivity index (χ2v) is 5.20. The van der Waals surface area contributed by atoms with E-state index in [9.17, 15) is 4.79 Å². The number of nitrogens with zero attached hydrogens (tertiary/aromatic N) is 2. The fourth-order valence-electron chi connectivity index (χ4n) is 2.56. The molecule has 4 heteroatoms. The number of carbonyl (C=O) groups excluding carboxylic acids is 1. The van der Waals surface area contributed by atoms with Gasteiger partial charge in [0, 0.05) is 32.1 Å². The Hall–Kier alpha value is -0.610. The lowest BCUT2D eigenvalue weighted by atomic mass is 10.1. The van der Waals surface area contributed by atoms with Gasteiger partial charge in [-0.05, 0) is 53.2 Å². The molecule has 0 aliphatic carbocycles. The van der Waals surface area contributed by atoms with Crippen LogP contribution in [-0.4, -0.2) is 61.5 Å². The first kappa shape index (κ1) is 15.4. The van der Waals surface area contributed by atoms with Gasteiger partial charge < -0.3 is 15.1 Å². The van der Waals surface area contributed by atoms with Crippen molar-refractivity contribution in [3.05, 3.63) is 0 Å². The van der Waals surface area contributed by atoms with Crippen molar-refractivity contribution < 1.29 is 4.79 Å². The summed E-state index contributed by atoms with van der Waals surface area (Å²) >= 11 is 0. The molecular weight excluding hydrogens is 226 g/mol. The minimum absolute atomic E-state index is 0.276. The van der Waals surface area contributed by atoms with Gasteiger partial charge in [-0.25, -0.2) is 0 Å². The van der Waals surface area contributed by atoms with E-state index in [0.29, 0.717) is 12.5 Å². The third-order valence-corrected chi connectivity index (χ3v) is 3.84. The highest BCUT2D eigenvalue weighted by Crippen LogP contribution is 2.09. The zero-order valence-corrected chi connectivity index (χ0v) is 12.2. The first-order chi connectivity index (χ1) is 8.67. The van der Waals surface area contributed by atoms with E-state index in [1.54, 1.807) is 0 Å². The minimum atomic E-state index is 0.276. The van der Waals surface area contributed by atoms with Gasteiger partial charge in [0.25, 0.3) is 0 Å². The van der Waals surface area contributed by atoms with Gasteiger partial charge >= 0.3 is 0 Å². The van der Waals surface area contributed by atoms with Crippen molar-refractivity contribution in [2.75, 3.05) is 39.8 Å². The average molecular weight is 255 g/mol. The number of rotatable bonds is 6. The Morgan fingerprint density at radius 1 is 1.28 bits per heavy atom. The largest absolute Gasteiger partial charge is 0.343 e. The molecule has 1 heterocycles. The van der Waals surface area contributed by atoms with Crippen molar-refractivity contribution in [3.63, 3.8) is 0 Å². The molecule has 0 aromatic rings. The number of hydrogen-bond donors (Lipinski definition) is 1. The van der Waals surface area contributed by atoms with Crippen LogP contribution in [0.4, 0.5) is 0 Å². The van der Waals surface area contributed by atoms with Crippen LogP contribution < -0.4 is 5.32 Å². The minimum Gasteiger partial charge on any atom is -0.343 e. The zero-order valence-electron chi connectivity index (χ0n) is 12.2. The molecule has 1 unspecified atom stereocenters. The molecule has 1 aliphatic heterocycles. The van der Waals surface area contributed by atoms with Crippen LogP contribution in [0.15, 0.2) is 0 Å². The Balaban J connectivity index is 2.18.